The highest BCUT2D eigenvalue weighted by molar-refractivity contribution is 6.32. The molecule has 0 aliphatic carbocycles. The van der Waals surface area contributed by atoms with Crippen LogP contribution in [0.15, 0.2) is 18.2 Å². The summed E-state index contributed by atoms with van der Waals surface area (Å²) in [4.78, 5) is 0. The molecule has 0 bridgehead atoms. The van der Waals surface area contributed by atoms with Crippen molar-refractivity contribution < 1.29 is 9.47 Å². The molecule has 1 aromatic carbocycles. The van der Waals surface area contributed by atoms with Gasteiger partial charge in [0.1, 0.15) is 12.4 Å². The Labute approximate surface area is 120 Å². The zero-order valence-corrected chi connectivity index (χ0v) is 12.3. The molecule has 3 atom stereocenters. The first-order valence-corrected chi connectivity index (χ1v) is 7.24. The fourth-order valence-electron chi connectivity index (χ4n) is 2.35. The van der Waals surface area contributed by atoms with Gasteiger partial charge in [0.05, 0.1) is 17.2 Å². The molecule has 3 nitrogen and oxygen atoms in total. The summed E-state index contributed by atoms with van der Waals surface area (Å²) < 4.78 is 11.5. The summed E-state index contributed by atoms with van der Waals surface area (Å²) in [5.74, 6) is 0.721. The van der Waals surface area contributed by atoms with Gasteiger partial charge in [-0.3, -0.25) is 0 Å². The topological polar surface area (TPSA) is 44.5 Å². The quantitative estimate of drug-likeness (QED) is 0.903. The van der Waals surface area contributed by atoms with E-state index < -0.39 is 0 Å². The molecule has 0 aromatic heterocycles. The Balaban J connectivity index is 1.90. The first kappa shape index (κ1) is 14.6. The number of nitrogens with two attached hydrogens (primary N) is 1. The molecule has 106 valence electrons. The van der Waals surface area contributed by atoms with E-state index in [1.165, 1.54) is 0 Å². The van der Waals surface area contributed by atoms with Gasteiger partial charge in [-0.15, -0.1) is 0 Å². The van der Waals surface area contributed by atoms with Gasteiger partial charge >= 0.3 is 0 Å². The number of halogens is 1. The van der Waals surface area contributed by atoms with Crippen molar-refractivity contribution in [2.45, 2.75) is 51.4 Å². The van der Waals surface area contributed by atoms with Crippen molar-refractivity contribution in [3.05, 3.63) is 28.8 Å². The lowest BCUT2D eigenvalue weighted by atomic mass is 10.1. The van der Waals surface area contributed by atoms with Crippen molar-refractivity contribution in [1.29, 1.82) is 0 Å². The summed E-state index contributed by atoms with van der Waals surface area (Å²) >= 11 is 6.22. The summed E-state index contributed by atoms with van der Waals surface area (Å²) in [5.41, 5.74) is 6.91. The smallest absolute Gasteiger partial charge is 0.138 e. The third-order valence-electron chi connectivity index (χ3n) is 3.30. The maximum absolute atomic E-state index is 6.22. The Morgan fingerprint density at radius 2 is 2.26 bits per heavy atom. The van der Waals surface area contributed by atoms with Gasteiger partial charge in [0, 0.05) is 6.04 Å². The van der Waals surface area contributed by atoms with Crippen molar-refractivity contribution in [2.75, 3.05) is 6.61 Å². The highest BCUT2D eigenvalue weighted by Gasteiger charge is 2.22. The van der Waals surface area contributed by atoms with E-state index in [1.807, 2.05) is 25.1 Å². The molecule has 19 heavy (non-hydrogen) atoms. The van der Waals surface area contributed by atoms with Crippen LogP contribution in [0.25, 0.3) is 0 Å². The molecular weight excluding hydrogens is 262 g/mol. The molecule has 0 amide bonds. The fourth-order valence-corrected chi connectivity index (χ4v) is 2.61. The second-order valence-corrected chi connectivity index (χ2v) is 5.81. The third kappa shape index (κ3) is 4.37. The standard InChI is InChI=1S/C15H22ClNO2/c1-10(17)7-12-4-6-15(14(16)8-12)18-9-13-5-3-11(2)19-13/h4,6,8,10-11,13H,3,5,7,9,17H2,1-2H3. The number of ether oxygens (including phenoxy) is 2. The highest BCUT2D eigenvalue weighted by atomic mass is 35.5. The Hall–Kier alpha value is -0.770. The average Bonchev–Trinajstić information content (AvgIpc) is 2.73. The lowest BCUT2D eigenvalue weighted by molar-refractivity contribution is 0.0265. The summed E-state index contributed by atoms with van der Waals surface area (Å²) in [5, 5.41) is 0.643. The van der Waals surface area contributed by atoms with Gasteiger partial charge in [0.15, 0.2) is 0 Å². The van der Waals surface area contributed by atoms with Gasteiger partial charge in [-0.2, -0.15) is 0 Å². The van der Waals surface area contributed by atoms with Crippen LogP contribution in [0, 0.1) is 0 Å². The highest BCUT2D eigenvalue weighted by Crippen LogP contribution is 2.27. The normalized spacial score (nSPS) is 24.4. The predicted molar refractivity (Wildman–Crippen MR) is 77.9 cm³/mol. The molecule has 1 aliphatic heterocycles. The Bertz CT molecular complexity index is 423. The van der Waals surface area contributed by atoms with Crippen LogP contribution in [0.5, 0.6) is 5.75 Å². The zero-order valence-electron chi connectivity index (χ0n) is 11.6. The van der Waals surface area contributed by atoms with Crippen LogP contribution in [-0.2, 0) is 11.2 Å². The van der Waals surface area contributed by atoms with Gasteiger partial charge in [-0.1, -0.05) is 17.7 Å². The molecule has 4 heteroatoms. The molecule has 1 saturated heterocycles. The number of benzene rings is 1. The van der Waals surface area contributed by atoms with E-state index >= 15 is 0 Å². The van der Waals surface area contributed by atoms with E-state index in [0.29, 0.717) is 17.7 Å². The average molecular weight is 284 g/mol. The molecule has 1 aliphatic rings. The Morgan fingerprint density at radius 1 is 1.47 bits per heavy atom. The molecule has 0 radical (unpaired) electrons. The van der Waals surface area contributed by atoms with Gasteiger partial charge in [-0.25, -0.2) is 0 Å². The van der Waals surface area contributed by atoms with Crippen LogP contribution in [0.4, 0.5) is 0 Å². The zero-order chi connectivity index (χ0) is 13.8. The van der Waals surface area contributed by atoms with Crippen molar-refractivity contribution in [3.8, 4) is 5.75 Å². The monoisotopic (exact) mass is 283 g/mol. The van der Waals surface area contributed by atoms with Crippen LogP contribution in [0.3, 0.4) is 0 Å². The minimum Gasteiger partial charge on any atom is -0.489 e. The Kier molecular flexibility index (Phi) is 5.08. The molecule has 0 saturated carbocycles. The maximum Gasteiger partial charge on any atom is 0.138 e. The second-order valence-electron chi connectivity index (χ2n) is 5.40. The van der Waals surface area contributed by atoms with Crippen LogP contribution >= 0.6 is 11.6 Å². The number of rotatable bonds is 5. The molecule has 1 heterocycles. The van der Waals surface area contributed by atoms with E-state index in [2.05, 4.69) is 6.92 Å². The molecule has 1 aromatic rings. The van der Waals surface area contributed by atoms with Crippen molar-refractivity contribution in [1.82, 2.24) is 0 Å². The van der Waals surface area contributed by atoms with E-state index in [4.69, 9.17) is 26.8 Å². The van der Waals surface area contributed by atoms with Crippen LogP contribution < -0.4 is 10.5 Å². The van der Waals surface area contributed by atoms with Crippen molar-refractivity contribution in [2.24, 2.45) is 5.73 Å². The van der Waals surface area contributed by atoms with E-state index in [0.717, 1.165) is 30.6 Å². The summed E-state index contributed by atoms with van der Waals surface area (Å²) in [6, 6.07) is 6.00. The first-order valence-electron chi connectivity index (χ1n) is 6.87. The molecule has 1 fully saturated rings. The molecular formula is C15H22ClNO2. The van der Waals surface area contributed by atoms with Gasteiger partial charge < -0.3 is 15.2 Å². The largest absolute Gasteiger partial charge is 0.489 e. The van der Waals surface area contributed by atoms with Gasteiger partial charge in [-0.05, 0) is 50.8 Å². The van der Waals surface area contributed by atoms with Crippen LogP contribution in [0.2, 0.25) is 5.02 Å². The fraction of sp³-hybridized carbons (Fsp3) is 0.600. The van der Waals surface area contributed by atoms with Crippen molar-refractivity contribution in [3.63, 3.8) is 0 Å². The number of hydrogen-bond donors (Lipinski definition) is 1. The molecule has 3 unspecified atom stereocenters. The maximum atomic E-state index is 6.22. The van der Waals surface area contributed by atoms with E-state index in [9.17, 15) is 0 Å². The second kappa shape index (κ2) is 6.60. The minimum absolute atomic E-state index is 0.135. The summed E-state index contributed by atoms with van der Waals surface area (Å²) in [6.07, 6.45) is 3.52. The summed E-state index contributed by atoms with van der Waals surface area (Å²) in [6.45, 7) is 4.64. The minimum atomic E-state index is 0.135. The van der Waals surface area contributed by atoms with E-state index in [1.54, 1.807) is 0 Å². The Morgan fingerprint density at radius 3 is 2.84 bits per heavy atom. The molecule has 2 N–H and O–H groups in total. The van der Waals surface area contributed by atoms with Crippen LogP contribution in [0.1, 0.15) is 32.3 Å². The molecule has 2 rings (SSSR count). The lowest BCUT2D eigenvalue weighted by Gasteiger charge is -2.14. The predicted octanol–water partition coefficient (Wildman–Crippen LogP) is 3.18. The molecule has 0 spiro atoms. The van der Waals surface area contributed by atoms with E-state index in [-0.39, 0.29) is 12.1 Å². The third-order valence-corrected chi connectivity index (χ3v) is 3.59. The van der Waals surface area contributed by atoms with Crippen LogP contribution in [-0.4, -0.2) is 24.9 Å². The van der Waals surface area contributed by atoms with Crippen molar-refractivity contribution >= 4 is 11.6 Å². The van der Waals surface area contributed by atoms with Gasteiger partial charge in [0.25, 0.3) is 0 Å². The lowest BCUT2D eigenvalue weighted by Crippen LogP contribution is -2.18. The first-order chi connectivity index (χ1) is 9.04. The SMILES string of the molecule is CC(N)Cc1ccc(OCC2CCC(C)O2)c(Cl)c1. The number of hydrogen-bond acceptors (Lipinski definition) is 3. The summed E-state index contributed by atoms with van der Waals surface area (Å²) in [7, 11) is 0. The van der Waals surface area contributed by atoms with Gasteiger partial charge in [0.2, 0.25) is 0 Å².